The number of nitrogens with one attached hydrogen (secondary N) is 2. The number of rotatable bonds is 5. The van der Waals surface area contributed by atoms with Gasteiger partial charge >= 0.3 is 0 Å². The van der Waals surface area contributed by atoms with E-state index in [1.165, 1.54) is 0 Å². The molecule has 0 bridgehead atoms. The molecule has 160 valence electrons. The summed E-state index contributed by atoms with van der Waals surface area (Å²) >= 11 is 0. The molecule has 0 radical (unpaired) electrons. The van der Waals surface area contributed by atoms with Crippen LogP contribution in [0, 0.1) is 6.92 Å². The largest absolute Gasteiger partial charge is 0.324 e. The molecule has 1 aromatic heterocycles. The van der Waals surface area contributed by atoms with E-state index in [1.807, 2.05) is 67.6 Å². The van der Waals surface area contributed by atoms with Crippen LogP contribution in [0.2, 0.25) is 0 Å². The van der Waals surface area contributed by atoms with Gasteiger partial charge in [0.05, 0.1) is 4.90 Å². The molecule has 5 rings (SSSR count). The summed E-state index contributed by atoms with van der Waals surface area (Å²) in [7, 11) is -3.81. The van der Waals surface area contributed by atoms with Gasteiger partial charge in [0.15, 0.2) is 0 Å². The maximum absolute atomic E-state index is 12.8. The molecule has 2 N–H and O–H groups in total. The lowest BCUT2D eigenvalue weighted by molar-refractivity contribution is 0.598. The summed E-state index contributed by atoms with van der Waals surface area (Å²) in [4.78, 5) is 4.60. The first-order valence-electron chi connectivity index (χ1n) is 10.1. The first-order valence-corrected chi connectivity index (χ1v) is 11.6. The number of aromatic nitrogens is 3. The Morgan fingerprint density at radius 1 is 0.906 bits per heavy atom. The molecule has 0 spiro atoms. The van der Waals surface area contributed by atoms with Crippen LogP contribution in [0.25, 0.3) is 5.70 Å². The van der Waals surface area contributed by atoms with Crippen molar-refractivity contribution in [1.82, 2.24) is 14.8 Å². The lowest BCUT2D eigenvalue weighted by Gasteiger charge is -2.24. The van der Waals surface area contributed by atoms with Crippen molar-refractivity contribution in [2.24, 2.45) is 0 Å². The fraction of sp³-hybridized carbons (Fsp3) is 0.0833. The summed E-state index contributed by atoms with van der Waals surface area (Å²) in [6.45, 7) is 1.90. The van der Waals surface area contributed by atoms with Gasteiger partial charge in [0, 0.05) is 5.70 Å². The average Bonchev–Trinajstić information content (AvgIpc) is 3.21. The number of allylic oxidation sites excluding steroid dienone is 1. The lowest BCUT2D eigenvalue weighted by Crippen LogP contribution is -2.20. The average molecular weight is 444 g/mol. The predicted octanol–water partition coefficient (Wildman–Crippen LogP) is 4.44. The van der Waals surface area contributed by atoms with Gasteiger partial charge in [-0.25, -0.2) is 17.8 Å². The molecule has 2 heterocycles. The molecule has 1 atom stereocenters. The van der Waals surface area contributed by atoms with Gasteiger partial charge < -0.3 is 5.32 Å². The molecule has 4 aromatic rings. The third kappa shape index (κ3) is 3.88. The zero-order chi connectivity index (χ0) is 22.1. The lowest BCUT2D eigenvalue weighted by atomic mass is 10.0. The van der Waals surface area contributed by atoms with E-state index in [-0.39, 0.29) is 16.9 Å². The fourth-order valence-electron chi connectivity index (χ4n) is 3.61. The molecule has 1 aliphatic rings. The van der Waals surface area contributed by atoms with Crippen LogP contribution in [0.5, 0.6) is 0 Å². The third-order valence-electron chi connectivity index (χ3n) is 5.25. The number of fused-ring (bicyclic) bond motifs is 1. The Balaban J connectivity index is 1.53. The fourth-order valence-corrected chi connectivity index (χ4v) is 4.55. The van der Waals surface area contributed by atoms with Crippen LogP contribution in [0.3, 0.4) is 0 Å². The molecular formula is C24H21N5O2S. The highest BCUT2D eigenvalue weighted by Gasteiger charge is 2.26. The Morgan fingerprint density at radius 2 is 1.56 bits per heavy atom. The van der Waals surface area contributed by atoms with Crippen molar-refractivity contribution in [1.29, 1.82) is 0 Å². The summed E-state index contributed by atoms with van der Waals surface area (Å²) in [6.07, 6.45) is 2.06. The van der Waals surface area contributed by atoms with E-state index in [0.29, 0.717) is 5.95 Å². The summed E-state index contributed by atoms with van der Waals surface area (Å²) in [6, 6.07) is 26.2. The topological polar surface area (TPSA) is 88.9 Å². The maximum atomic E-state index is 12.8. The van der Waals surface area contributed by atoms with E-state index in [4.69, 9.17) is 0 Å². The number of sulfonamides is 1. The Hall–Kier alpha value is -3.91. The standard InChI is InChI=1S/C24H21N5O2S/c1-17-12-14-20(15-13-17)32(30,31)28-23-26-24-25-21(18-8-4-2-5-9-18)16-22(29(24)27-23)19-10-6-3-7-11-19/h2-16,22H,1H3,(H2,25,26,27,28)/t22-/m0/s1. The van der Waals surface area contributed by atoms with E-state index in [1.54, 1.807) is 28.9 Å². The Bertz CT molecular complexity index is 1380. The Labute approximate surface area is 186 Å². The van der Waals surface area contributed by atoms with Gasteiger partial charge in [-0.05, 0) is 36.3 Å². The van der Waals surface area contributed by atoms with Crippen molar-refractivity contribution < 1.29 is 8.42 Å². The minimum atomic E-state index is -3.81. The second-order valence-electron chi connectivity index (χ2n) is 7.55. The number of hydrogen-bond acceptors (Lipinski definition) is 5. The first kappa shape index (κ1) is 20.0. The molecule has 0 fully saturated rings. The highest BCUT2D eigenvalue weighted by atomic mass is 32.2. The van der Waals surface area contributed by atoms with Crippen molar-refractivity contribution in [2.45, 2.75) is 17.9 Å². The van der Waals surface area contributed by atoms with Crippen molar-refractivity contribution >= 4 is 27.6 Å². The van der Waals surface area contributed by atoms with E-state index >= 15 is 0 Å². The quantitative estimate of drug-likeness (QED) is 0.476. The molecule has 0 saturated heterocycles. The monoisotopic (exact) mass is 443 g/mol. The number of anilines is 2. The second kappa shape index (κ2) is 7.97. The van der Waals surface area contributed by atoms with Crippen LogP contribution >= 0.6 is 0 Å². The SMILES string of the molecule is Cc1ccc(S(=O)(=O)Nc2nc3n(n2)[C@H](c2ccccc2)C=C(c2ccccc2)N3)cc1. The van der Waals surface area contributed by atoms with Crippen molar-refractivity contribution in [3.05, 3.63) is 108 Å². The molecule has 0 aliphatic carbocycles. The van der Waals surface area contributed by atoms with Crippen LogP contribution in [0.4, 0.5) is 11.9 Å². The van der Waals surface area contributed by atoms with Crippen LogP contribution in [0.1, 0.15) is 22.7 Å². The maximum Gasteiger partial charge on any atom is 0.264 e. The number of aryl methyl sites for hydroxylation is 1. The van der Waals surface area contributed by atoms with Gasteiger partial charge in [0.1, 0.15) is 6.04 Å². The minimum absolute atomic E-state index is 0.0108. The van der Waals surface area contributed by atoms with E-state index in [0.717, 1.165) is 22.4 Å². The van der Waals surface area contributed by atoms with E-state index < -0.39 is 10.0 Å². The molecular weight excluding hydrogens is 422 g/mol. The third-order valence-corrected chi connectivity index (χ3v) is 6.59. The van der Waals surface area contributed by atoms with Crippen LogP contribution in [0.15, 0.2) is 95.9 Å². The number of nitrogens with zero attached hydrogens (tertiary/aromatic N) is 3. The van der Waals surface area contributed by atoms with Gasteiger partial charge in [-0.2, -0.15) is 4.98 Å². The van der Waals surface area contributed by atoms with E-state index in [2.05, 4.69) is 26.2 Å². The zero-order valence-corrected chi connectivity index (χ0v) is 18.1. The molecule has 32 heavy (non-hydrogen) atoms. The van der Waals surface area contributed by atoms with Gasteiger partial charge in [-0.15, -0.1) is 5.10 Å². The minimum Gasteiger partial charge on any atom is -0.324 e. The van der Waals surface area contributed by atoms with Crippen LogP contribution in [-0.2, 0) is 10.0 Å². The van der Waals surface area contributed by atoms with Crippen LogP contribution in [-0.4, -0.2) is 23.2 Å². The molecule has 0 unspecified atom stereocenters. The number of benzene rings is 3. The summed E-state index contributed by atoms with van der Waals surface area (Å²) in [5.74, 6) is 0.471. The second-order valence-corrected chi connectivity index (χ2v) is 9.23. The molecule has 3 aromatic carbocycles. The Morgan fingerprint density at radius 3 is 2.25 bits per heavy atom. The summed E-state index contributed by atoms with van der Waals surface area (Å²) < 4.78 is 29.9. The summed E-state index contributed by atoms with van der Waals surface area (Å²) in [5, 5.41) is 7.76. The van der Waals surface area contributed by atoms with Gasteiger partial charge in [0.2, 0.25) is 5.95 Å². The highest BCUT2D eigenvalue weighted by molar-refractivity contribution is 7.92. The van der Waals surface area contributed by atoms with E-state index in [9.17, 15) is 8.42 Å². The van der Waals surface area contributed by atoms with Gasteiger partial charge in [0.25, 0.3) is 16.0 Å². The predicted molar refractivity (Wildman–Crippen MR) is 125 cm³/mol. The van der Waals surface area contributed by atoms with Gasteiger partial charge in [-0.3, -0.25) is 0 Å². The summed E-state index contributed by atoms with van der Waals surface area (Å²) in [5.41, 5.74) is 3.88. The molecule has 8 heteroatoms. The normalized spacial score (nSPS) is 15.4. The molecule has 1 aliphatic heterocycles. The molecule has 7 nitrogen and oxygen atoms in total. The van der Waals surface area contributed by atoms with Crippen LogP contribution < -0.4 is 10.0 Å². The highest BCUT2D eigenvalue weighted by Crippen LogP contribution is 2.33. The number of hydrogen-bond donors (Lipinski definition) is 2. The van der Waals surface area contributed by atoms with Crippen molar-refractivity contribution in [2.75, 3.05) is 10.0 Å². The van der Waals surface area contributed by atoms with Crippen molar-refractivity contribution in [3.8, 4) is 0 Å². The zero-order valence-electron chi connectivity index (χ0n) is 17.3. The Kier molecular flexibility index (Phi) is 4.99. The first-order chi connectivity index (χ1) is 15.5. The van der Waals surface area contributed by atoms with Crippen molar-refractivity contribution in [3.63, 3.8) is 0 Å². The molecule has 0 saturated carbocycles. The smallest absolute Gasteiger partial charge is 0.264 e. The molecule has 0 amide bonds. The van der Waals surface area contributed by atoms with Gasteiger partial charge in [-0.1, -0.05) is 78.4 Å².